The third-order valence-corrected chi connectivity index (χ3v) is 5.65. The molecule has 160 valence electrons. The van der Waals surface area contributed by atoms with Crippen LogP contribution in [0.5, 0.6) is 0 Å². The topological polar surface area (TPSA) is 54.3 Å². The van der Waals surface area contributed by atoms with Crippen molar-refractivity contribution in [2.45, 2.75) is 0 Å². The van der Waals surface area contributed by atoms with E-state index in [1.165, 1.54) is 17.8 Å². The van der Waals surface area contributed by atoms with E-state index in [1.54, 1.807) is 35.3 Å². The summed E-state index contributed by atoms with van der Waals surface area (Å²) < 4.78 is 15.1. The van der Waals surface area contributed by atoms with Crippen LogP contribution >= 0.6 is 0 Å². The van der Waals surface area contributed by atoms with Crippen LogP contribution in [0, 0.1) is 5.82 Å². The molecule has 0 N–H and O–H groups in total. The van der Waals surface area contributed by atoms with Gasteiger partial charge in [0.1, 0.15) is 5.82 Å². The van der Waals surface area contributed by atoms with E-state index in [1.807, 2.05) is 35.2 Å². The number of aromatic nitrogens is 3. The van der Waals surface area contributed by atoms with Gasteiger partial charge in [0.25, 0.3) is 5.91 Å². The number of benzene rings is 2. The van der Waals surface area contributed by atoms with Crippen LogP contribution < -0.4 is 4.90 Å². The maximum atomic E-state index is 13.5. The van der Waals surface area contributed by atoms with Gasteiger partial charge in [-0.1, -0.05) is 18.2 Å². The lowest BCUT2D eigenvalue weighted by molar-refractivity contribution is 0.0740. The van der Waals surface area contributed by atoms with Crippen LogP contribution in [0.4, 0.5) is 10.1 Å². The number of amides is 1. The minimum Gasteiger partial charge on any atom is -0.368 e. The molecule has 1 saturated heterocycles. The van der Waals surface area contributed by atoms with Gasteiger partial charge in [-0.25, -0.2) is 9.07 Å². The summed E-state index contributed by atoms with van der Waals surface area (Å²) in [6, 6.07) is 21.8. The van der Waals surface area contributed by atoms with Crippen molar-refractivity contribution >= 4 is 11.6 Å². The van der Waals surface area contributed by atoms with Crippen LogP contribution in [-0.2, 0) is 0 Å². The molecule has 1 amide bonds. The lowest BCUT2D eigenvalue weighted by Gasteiger charge is -2.35. The summed E-state index contributed by atoms with van der Waals surface area (Å²) in [6.07, 6.45) is 3.42. The molecule has 0 radical (unpaired) electrons. The highest BCUT2D eigenvalue weighted by Gasteiger charge is 2.25. The van der Waals surface area contributed by atoms with Crippen LogP contribution in [0.15, 0.2) is 85.2 Å². The standard InChI is InChI=1S/C25H22FN5O/c26-20-8-10-22(11-9-20)31-24(19-5-4-12-27-18-19)17-23(28-31)25(32)30-15-13-29(14-16-30)21-6-2-1-3-7-21/h1-12,17-18H,13-16H2. The number of carbonyl (C=O) groups excluding carboxylic acids is 1. The molecule has 6 nitrogen and oxygen atoms in total. The Hall–Kier alpha value is -4.00. The number of piperazine rings is 1. The molecule has 0 bridgehead atoms. The van der Waals surface area contributed by atoms with Crippen LogP contribution in [-0.4, -0.2) is 51.8 Å². The normalized spacial score (nSPS) is 13.9. The molecule has 7 heteroatoms. The SMILES string of the molecule is O=C(c1cc(-c2cccnc2)n(-c2ccc(F)cc2)n1)N1CCN(c2ccccc2)CC1. The maximum Gasteiger partial charge on any atom is 0.274 e. The molecule has 4 aromatic rings. The summed E-state index contributed by atoms with van der Waals surface area (Å²) in [4.78, 5) is 21.6. The Labute approximate surface area is 185 Å². The molecule has 0 atom stereocenters. The van der Waals surface area contributed by atoms with Gasteiger partial charge in [-0.15, -0.1) is 0 Å². The van der Waals surface area contributed by atoms with Gasteiger partial charge < -0.3 is 9.80 Å². The molecule has 1 aliphatic heterocycles. The Balaban J connectivity index is 1.41. The highest BCUT2D eigenvalue weighted by molar-refractivity contribution is 5.94. The predicted molar refractivity (Wildman–Crippen MR) is 121 cm³/mol. The zero-order chi connectivity index (χ0) is 21.9. The number of pyridine rings is 1. The molecular formula is C25H22FN5O. The van der Waals surface area contributed by atoms with Gasteiger partial charge in [0, 0.05) is 49.8 Å². The molecule has 0 unspecified atom stereocenters. The molecule has 2 aromatic heterocycles. The summed E-state index contributed by atoms with van der Waals surface area (Å²) in [5, 5.41) is 4.60. The van der Waals surface area contributed by atoms with Crippen LogP contribution in [0.1, 0.15) is 10.5 Å². The fraction of sp³-hybridized carbons (Fsp3) is 0.160. The molecule has 5 rings (SSSR count). The minimum absolute atomic E-state index is 0.108. The smallest absolute Gasteiger partial charge is 0.274 e. The van der Waals surface area contributed by atoms with Gasteiger partial charge in [0.05, 0.1) is 11.4 Å². The Bertz CT molecular complexity index is 1200. The van der Waals surface area contributed by atoms with E-state index in [4.69, 9.17) is 0 Å². The van der Waals surface area contributed by atoms with Crippen LogP contribution in [0.2, 0.25) is 0 Å². The predicted octanol–water partition coefficient (Wildman–Crippen LogP) is 4.04. The van der Waals surface area contributed by atoms with E-state index in [0.717, 1.165) is 24.3 Å². The highest BCUT2D eigenvalue weighted by Crippen LogP contribution is 2.25. The fourth-order valence-corrected chi connectivity index (χ4v) is 3.95. The Kier molecular flexibility index (Phi) is 5.37. The summed E-state index contributed by atoms with van der Waals surface area (Å²) in [5.41, 5.74) is 3.77. The molecule has 2 aromatic carbocycles. The number of hydrogen-bond acceptors (Lipinski definition) is 4. The molecule has 0 spiro atoms. The van der Waals surface area contributed by atoms with E-state index in [-0.39, 0.29) is 11.7 Å². The van der Waals surface area contributed by atoms with Crippen molar-refractivity contribution in [3.8, 4) is 16.9 Å². The van der Waals surface area contributed by atoms with Crippen molar-refractivity contribution in [2.75, 3.05) is 31.1 Å². The minimum atomic E-state index is -0.323. The van der Waals surface area contributed by atoms with Gasteiger partial charge in [0.15, 0.2) is 5.69 Å². The van der Waals surface area contributed by atoms with Crippen LogP contribution in [0.25, 0.3) is 16.9 Å². The third-order valence-electron chi connectivity index (χ3n) is 5.65. The fourth-order valence-electron chi connectivity index (χ4n) is 3.95. The molecule has 1 fully saturated rings. The van der Waals surface area contributed by atoms with E-state index >= 15 is 0 Å². The largest absolute Gasteiger partial charge is 0.368 e. The second-order valence-corrected chi connectivity index (χ2v) is 7.66. The first-order chi connectivity index (χ1) is 15.7. The highest BCUT2D eigenvalue weighted by atomic mass is 19.1. The van der Waals surface area contributed by atoms with Crippen molar-refractivity contribution in [1.82, 2.24) is 19.7 Å². The average Bonchev–Trinajstić information content (AvgIpc) is 3.31. The zero-order valence-electron chi connectivity index (χ0n) is 17.4. The van der Waals surface area contributed by atoms with E-state index < -0.39 is 0 Å². The zero-order valence-corrected chi connectivity index (χ0v) is 17.4. The number of carbonyl (C=O) groups is 1. The lowest BCUT2D eigenvalue weighted by atomic mass is 10.2. The third kappa shape index (κ3) is 3.97. The Morgan fingerprint density at radius 1 is 0.844 bits per heavy atom. The number of hydrogen-bond donors (Lipinski definition) is 0. The van der Waals surface area contributed by atoms with Gasteiger partial charge in [-0.3, -0.25) is 9.78 Å². The number of rotatable bonds is 4. The van der Waals surface area contributed by atoms with Gasteiger partial charge >= 0.3 is 0 Å². The summed E-state index contributed by atoms with van der Waals surface area (Å²) in [6.45, 7) is 2.78. The van der Waals surface area contributed by atoms with Crippen molar-refractivity contribution in [3.63, 3.8) is 0 Å². The van der Waals surface area contributed by atoms with Gasteiger partial charge in [-0.2, -0.15) is 5.10 Å². The molecular weight excluding hydrogens is 405 g/mol. The lowest BCUT2D eigenvalue weighted by Crippen LogP contribution is -2.48. The number of nitrogens with zero attached hydrogens (tertiary/aromatic N) is 5. The first kappa shape index (κ1) is 19.9. The molecule has 0 saturated carbocycles. The monoisotopic (exact) mass is 427 g/mol. The summed E-state index contributed by atoms with van der Waals surface area (Å²) in [7, 11) is 0. The van der Waals surface area contributed by atoms with Crippen molar-refractivity contribution in [2.24, 2.45) is 0 Å². The van der Waals surface area contributed by atoms with Gasteiger partial charge in [-0.05, 0) is 54.6 Å². The first-order valence-electron chi connectivity index (χ1n) is 10.5. The second-order valence-electron chi connectivity index (χ2n) is 7.66. The average molecular weight is 427 g/mol. The first-order valence-corrected chi connectivity index (χ1v) is 10.5. The number of halogens is 1. The number of anilines is 1. The van der Waals surface area contributed by atoms with Gasteiger partial charge in [0.2, 0.25) is 0 Å². The molecule has 32 heavy (non-hydrogen) atoms. The van der Waals surface area contributed by atoms with E-state index in [0.29, 0.717) is 24.5 Å². The van der Waals surface area contributed by atoms with Crippen molar-refractivity contribution < 1.29 is 9.18 Å². The molecule has 0 aliphatic carbocycles. The van der Waals surface area contributed by atoms with Crippen molar-refractivity contribution in [3.05, 3.63) is 96.7 Å². The summed E-state index contributed by atoms with van der Waals surface area (Å²) in [5.74, 6) is -0.430. The molecule has 1 aliphatic rings. The number of para-hydroxylation sites is 1. The van der Waals surface area contributed by atoms with E-state index in [9.17, 15) is 9.18 Å². The maximum absolute atomic E-state index is 13.5. The Morgan fingerprint density at radius 2 is 1.59 bits per heavy atom. The van der Waals surface area contributed by atoms with Crippen LogP contribution in [0.3, 0.4) is 0 Å². The quantitative estimate of drug-likeness (QED) is 0.493. The Morgan fingerprint density at radius 3 is 2.28 bits per heavy atom. The molecule has 3 heterocycles. The van der Waals surface area contributed by atoms with Crippen molar-refractivity contribution in [1.29, 1.82) is 0 Å². The van der Waals surface area contributed by atoms with E-state index in [2.05, 4.69) is 27.1 Å². The second kappa shape index (κ2) is 8.63. The summed E-state index contributed by atoms with van der Waals surface area (Å²) >= 11 is 0.